The number of pyridine rings is 2. The largest absolute Gasteiger partial charge is 0.390 e. The molecule has 52 heteroatoms. The summed E-state index contributed by atoms with van der Waals surface area (Å²) in [6, 6.07) is 6.09. The van der Waals surface area contributed by atoms with Crippen molar-refractivity contribution in [2.45, 2.75) is 99.5 Å². The van der Waals surface area contributed by atoms with Crippen LogP contribution in [0.5, 0.6) is 0 Å². The number of nitrogens with one attached hydrogen (secondary N) is 4. The molecule has 135 heavy (non-hydrogen) atoms. The number of amidine groups is 1. The highest BCUT2D eigenvalue weighted by atomic mass is 16.3. The minimum absolute atomic E-state index is 0.0214. The van der Waals surface area contributed by atoms with E-state index >= 15 is 0 Å². The molecular formula is C83H144N49O3+3. The summed E-state index contributed by atoms with van der Waals surface area (Å²) < 4.78 is 24.6. The van der Waals surface area contributed by atoms with Crippen LogP contribution >= 0.6 is 0 Å². The van der Waals surface area contributed by atoms with Gasteiger partial charge in [0.15, 0.2) is 31.3 Å². The van der Waals surface area contributed by atoms with Crippen LogP contribution in [-0.2, 0) is 160 Å². The topological polar surface area (TPSA) is 553 Å². The van der Waals surface area contributed by atoms with Crippen molar-refractivity contribution in [3.8, 4) is 22.5 Å². The summed E-state index contributed by atoms with van der Waals surface area (Å²) in [5, 5.41) is 112. The Balaban J connectivity index is 0.000000263. The van der Waals surface area contributed by atoms with Crippen molar-refractivity contribution in [1.82, 2.24) is 216 Å². The summed E-state index contributed by atoms with van der Waals surface area (Å²) in [6.45, 7) is 24.4. The zero-order valence-electron chi connectivity index (χ0n) is 83.0. The van der Waals surface area contributed by atoms with Gasteiger partial charge in [-0.2, -0.15) is 0 Å². The van der Waals surface area contributed by atoms with E-state index in [1.165, 1.54) is 18.4 Å². The van der Waals surface area contributed by atoms with E-state index in [0.717, 1.165) is 159 Å². The Bertz CT molecular complexity index is 5440. The number of aliphatic hydroxyl groups is 1. The van der Waals surface area contributed by atoms with Crippen LogP contribution in [0.4, 0.5) is 0 Å². The number of nitrogens with zero attached hydrogens (tertiary/aromatic N) is 43. The molecule has 9 N–H and O–H groups in total. The monoisotopic (exact) mass is 1880 g/mol. The van der Waals surface area contributed by atoms with Crippen LogP contribution in [0.3, 0.4) is 0 Å². The molecule has 0 aliphatic carbocycles. The van der Waals surface area contributed by atoms with Crippen LogP contribution in [0.1, 0.15) is 90.4 Å². The van der Waals surface area contributed by atoms with E-state index in [2.05, 4.69) is 205 Å². The van der Waals surface area contributed by atoms with Gasteiger partial charge in [0, 0.05) is 254 Å². The third-order valence-electron chi connectivity index (χ3n) is 18.4. The number of unbranched alkanes of at least 4 members (excludes halogenated alkanes) is 1. The zero-order chi connectivity index (χ0) is 99.0. The standard InChI is InChI=1S/C11H20N6O.C10H13N4.C9H17N5O.C9H17N5.C9H11N4.C8H16N4.C6H11N5.C5H10N4.C5H9N3.C4H7N3O.C4H7N3.C3H5N3/c1-15-3-5-17(6-4-15)9-11(18)12-7-10-8-16(2)14-13-10;1-8-6-13(2)5-4-9(8)10-7-14(3)12-11-10;1-13-6-8(11-12-13)5-10-9(15)7-14(2,3)4;1-13-8-9(11-12-13)2-5-14-6-3-10-4-7-14;1-12-5-3-8(4-6-12)9-7-13(2)11-10-9;1-3-4-5-9-6-8-7-12(2)11-10-8;1-5(7)8-3-6-4-11(2)10-9-6;1-9-4-5(2-3-6)7-8-9;1-3-5-4-8(2)7-6-5;1-7-2-4(3-8)5-6-7;1-4-3-7(2)6-5-4;1-6-3-2-4-5-6/h8H,3-7,9H2,1-2H3,(H,12,18);4-7H,1-3H3;6H,5,7H2,1-4H3;8,10H,2-7H2,1H3;3-7H,1-2H3;7,9H,3-6H2,1-2H3;4H,3H2,1-2H3,(H2,7,8);4H,2-3,6H2,1H3;4H,3H2,1-2H3;2,8H,3H2,1H3;3H,1-2H3;2-3H,1H3/q;+1;;;+1;;;;;;;/p+1. The fourth-order valence-corrected chi connectivity index (χ4v) is 11.5. The maximum Gasteiger partial charge on any atom is 0.275 e. The summed E-state index contributed by atoms with van der Waals surface area (Å²) in [6.07, 6.45) is 37.2. The number of hydrogen-bond acceptors (Lipinski definition) is 34. The second-order valence-corrected chi connectivity index (χ2v) is 32.7. The van der Waals surface area contributed by atoms with E-state index in [4.69, 9.17) is 16.6 Å². The molecule has 0 aromatic carbocycles. The second kappa shape index (κ2) is 61.7. The highest BCUT2D eigenvalue weighted by Crippen LogP contribution is 2.18. The van der Waals surface area contributed by atoms with Crippen molar-refractivity contribution in [2.75, 3.05) is 113 Å². The summed E-state index contributed by atoms with van der Waals surface area (Å²) >= 11 is 0. The Hall–Kier alpha value is -13.9. The van der Waals surface area contributed by atoms with E-state index in [0.29, 0.717) is 55.3 Å². The van der Waals surface area contributed by atoms with E-state index in [1.807, 2.05) is 202 Å². The first kappa shape index (κ1) is 112. The molecule has 14 aromatic rings. The number of aliphatic imine (C=N–C) groups is 1. The maximum atomic E-state index is 11.8. The van der Waals surface area contributed by atoms with Crippen LogP contribution in [-0.4, -0.2) is 335 Å². The lowest BCUT2D eigenvalue weighted by Gasteiger charge is -2.31. The number of amides is 2. The van der Waals surface area contributed by atoms with Gasteiger partial charge in [-0.15, -0.1) is 61.2 Å². The van der Waals surface area contributed by atoms with Crippen molar-refractivity contribution in [2.24, 2.45) is 115 Å². The molecule has 0 radical (unpaired) electrons. The van der Waals surface area contributed by atoms with Crippen LogP contribution < -0.4 is 41.9 Å². The van der Waals surface area contributed by atoms with Gasteiger partial charge in [-0.1, -0.05) is 82.8 Å². The molecule has 2 aliphatic heterocycles. The van der Waals surface area contributed by atoms with Gasteiger partial charge in [-0.25, -0.2) is 9.13 Å². The lowest BCUT2D eigenvalue weighted by atomic mass is 10.1. The lowest BCUT2D eigenvalue weighted by molar-refractivity contribution is -0.862. The number of piperazine rings is 2. The van der Waals surface area contributed by atoms with Crippen LogP contribution in [0.2, 0.25) is 0 Å². The van der Waals surface area contributed by atoms with Crippen LogP contribution in [0.15, 0.2) is 129 Å². The number of aliphatic hydroxyl groups excluding tert-OH is 1. The molecule has 14 aromatic heterocycles. The molecule has 2 fully saturated rings. The Morgan fingerprint density at radius 1 is 0.489 bits per heavy atom. The summed E-state index contributed by atoms with van der Waals surface area (Å²) in [5.74, 6) is 0.633. The van der Waals surface area contributed by atoms with Gasteiger partial charge in [0.05, 0.1) is 113 Å². The van der Waals surface area contributed by atoms with Gasteiger partial charge >= 0.3 is 0 Å². The molecule has 0 spiro atoms. The molecule has 16 heterocycles. The molecule has 2 saturated heterocycles. The lowest BCUT2D eigenvalue weighted by Crippen LogP contribution is -2.48. The fraction of sp³-hybridized carbons (Fsp3) is 0.554. The van der Waals surface area contributed by atoms with Crippen LogP contribution in [0.25, 0.3) is 22.5 Å². The average molecular weight is 1880 g/mol. The molecule has 0 unspecified atom stereocenters. The van der Waals surface area contributed by atoms with Crippen molar-refractivity contribution in [3.63, 3.8) is 0 Å². The van der Waals surface area contributed by atoms with Gasteiger partial charge in [0.25, 0.3) is 5.91 Å². The number of aryl methyl sites for hydroxylation is 17. The van der Waals surface area contributed by atoms with Crippen molar-refractivity contribution >= 4 is 17.6 Å². The van der Waals surface area contributed by atoms with Gasteiger partial charge in [0.1, 0.15) is 48.3 Å². The summed E-state index contributed by atoms with van der Waals surface area (Å²) in [7, 11) is 34.1. The molecule has 0 atom stereocenters. The predicted octanol–water partition coefficient (Wildman–Crippen LogP) is -2.66. The number of rotatable bonds is 24. The number of carbonyl (C=O) groups is 2. The Morgan fingerprint density at radius 2 is 0.926 bits per heavy atom. The van der Waals surface area contributed by atoms with Gasteiger partial charge < -0.3 is 52.1 Å². The number of quaternary nitrogens is 1. The molecule has 16 rings (SSSR count). The maximum absolute atomic E-state index is 11.8. The number of aromatic nitrogens is 38. The molecule has 2 amide bonds. The Morgan fingerprint density at radius 3 is 1.30 bits per heavy atom. The van der Waals surface area contributed by atoms with E-state index in [9.17, 15) is 9.59 Å². The van der Waals surface area contributed by atoms with Crippen molar-refractivity contribution in [3.05, 3.63) is 180 Å². The molecule has 0 saturated carbocycles. The minimum atomic E-state index is -0.0339. The first-order valence-corrected chi connectivity index (χ1v) is 44.0. The molecule has 52 nitrogen and oxygen atoms in total. The van der Waals surface area contributed by atoms with Crippen molar-refractivity contribution < 1.29 is 28.3 Å². The zero-order valence-corrected chi connectivity index (χ0v) is 83.0. The van der Waals surface area contributed by atoms with Crippen LogP contribution in [0, 0.1) is 13.8 Å². The Labute approximate surface area is 789 Å². The van der Waals surface area contributed by atoms with E-state index < -0.39 is 0 Å². The smallest absolute Gasteiger partial charge is 0.275 e. The highest BCUT2D eigenvalue weighted by Gasteiger charge is 2.18. The molecule has 2 aliphatic rings. The number of nitrogens with two attached hydrogens (primary N) is 2. The normalized spacial score (nSPS) is 12.3. The SMILES string of the molecule is CC(N)=NCc1cn(C)nn1.CCCCNCc1cn(C)nn1.CCc1cn(C)nn1.CN1CCN(CC(=O)NCc2cn(C)nn2)CC1.Cc1c[n+](C)ccc1-c1cn(C)nn1.Cc1cn(C)nn1.Cn1cc(-c2cc[n+](C)cc2)nn1.Cn1cc(CCN)nn1.Cn1cc(CCN2CCNCC2)nn1.Cn1cc(CNC(=O)C[N+](C)(C)C)nn1.Cn1cc(CO)nn1.Cn1ccnn1. The van der Waals surface area contributed by atoms with E-state index in [-0.39, 0.29) is 18.4 Å². The van der Waals surface area contributed by atoms with Crippen molar-refractivity contribution in [1.29, 1.82) is 0 Å². The van der Waals surface area contributed by atoms with Gasteiger partial charge in [-0.05, 0) is 53.8 Å². The third-order valence-corrected chi connectivity index (χ3v) is 18.4. The highest BCUT2D eigenvalue weighted by molar-refractivity contribution is 5.78. The number of hydrogen-bond donors (Lipinski definition) is 7. The summed E-state index contributed by atoms with van der Waals surface area (Å²) in [4.78, 5) is 34.1. The van der Waals surface area contributed by atoms with Gasteiger partial charge in [0.2, 0.25) is 5.91 Å². The quantitative estimate of drug-likeness (QED) is 0.0107. The number of likely N-dealkylation sites (N-methyl/N-ethyl adjacent to an activating group) is 2. The van der Waals surface area contributed by atoms with E-state index in [1.54, 1.807) is 108 Å². The molecule has 0 bridgehead atoms. The minimum Gasteiger partial charge on any atom is -0.390 e. The third kappa shape index (κ3) is 49.9. The number of carbonyl (C=O) groups excluding carboxylic acids is 2. The van der Waals surface area contributed by atoms with Gasteiger partial charge in [-0.3, -0.25) is 75.7 Å². The summed E-state index contributed by atoms with van der Waals surface area (Å²) in [5.41, 5.74) is 23.9. The first-order valence-electron chi connectivity index (χ1n) is 44.0. The molecular weight excluding hydrogens is 1730 g/mol. The Kier molecular flexibility index (Phi) is 51.0. The molecule has 736 valence electrons. The fourth-order valence-electron chi connectivity index (χ4n) is 11.5. The first-order chi connectivity index (χ1) is 64.4. The predicted molar refractivity (Wildman–Crippen MR) is 504 cm³/mol. The second-order valence-electron chi connectivity index (χ2n) is 32.7. The average Bonchev–Trinajstić information content (AvgIpc) is 1.60.